The number of hydrogen-bond acceptors (Lipinski definition) is 3. The van der Waals surface area contributed by atoms with Gasteiger partial charge in [-0.3, -0.25) is 0 Å². The van der Waals surface area contributed by atoms with Gasteiger partial charge in [-0.25, -0.2) is 13.1 Å². The van der Waals surface area contributed by atoms with Crippen molar-refractivity contribution in [3.8, 4) is 0 Å². The lowest BCUT2D eigenvalue weighted by Crippen LogP contribution is -2.29. The average molecular weight is 257 g/mol. The van der Waals surface area contributed by atoms with E-state index in [1.54, 1.807) is 19.9 Å². The molecule has 6 heteroatoms. The first kappa shape index (κ1) is 12.6. The van der Waals surface area contributed by atoms with Gasteiger partial charge in [0.15, 0.2) is 0 Å². The first-order valence-electron chi connectivity index (χ1n) is 5.90. The highest BCUT2D eigenvalue weighted by molar-refractivity contribution is 7.89. The van der Waals surface area contributed by atoms with Gasteiger partial charge in [0.2, 0.25) is 10.0 Å². The van der Waals surface area contributed by atoms with E-state index in [-0.39, 0.29) is 6.04 Å². The first-order valence-corrected chi connectivity index (χ1v) is 7.39. The van der Waals surface area contributed by atoms with Crippen LogP contribution < -0.4 is 10.0 Å². The molecule has 3 N–H and O–H groups in total. The molecule has 1 fully saturated rings. The van der Waals surface area contributed by atoms with Crippen molar-refractivity contribution in [2.45, 2.75) is 50.2 Å². The molecule has 1 saturated carbocycles. The summed E-state index contributed by atoms with van der Waals surface area (Å²) in [6, 6.07) is 2.20. The van der Waals surface area contributed by atoms with Gasteiger partial charge in [-0.2, -0.15) is 0 Å². The maximum absolute atomic E-state index is 11.9. The number of aromatic nitrogens is 1. The van der Waals surface area contributed by atoms with Crippen LogP contribution in [-0.2, 0) is 16.6 Å². The van der Waals surface area contributed by atoms with Crippen molar-refractivity contribution >= 4 is 10.0 Å². The number of nitrogens with one attached hydrogen (secondary N) is 3. The van der Waals surface area contributed by atoms with Crippen LogP contribution in [0.15, 0.2) is 17.2 Å². The molecule has 2 rings (SSSR count). The highest BCUT2D eigenvalue weighted by Gasteiger charge is 2.21. The van der Waals surface area contributed by atoms with Gasteiger partial charge in [0.1, 0.15) is 0 Å². The van der Waals surface area contributed by atoms with Crippen molar-refractivity contribution in [2.75, 3.05) is 0 Å². The SMILES string of the molecule is CC(C)NS(=O)(=O)c1c[nH]c(CNC2CC2)c1. The number of H-pyrrole nitrogens is 1. The fraction of sp³-hybridized carbons (Fsp3) is 0.636. The lowest BCUT2D eigenvalue weighted by molar-refractivity contribution is 0.570. The first-order chi connectivity index (χ1) is 7.97. The van der Waals surface area contributed by atoms with E-state index in [1.807, 2.05) is 0 Å². The van der Waals surface area contributed by atoms with E-state index in [0.29, 0.717) is 17.5 Å². The van der Waals surface area contributed by atoms with Crippen molar-refractivity contribution in [1.29, 1.82) is 0 Å². The predicted octanol–water partition coefficient (Wildman–Crippen LogP) is 0.953. The van der Waals surface area contributed by atoms with Crippen molar-refractivity contribution in [1.82, 2.24) is 15.0 Å². The van der Waals surface area contributed by atoms with Crippen LogP contribution in [0.25, 0.3) is 0 Å². The summed E-state index contributed by atoms with van der Waals surface area (Å²) in [5.41, 5.74) is 0.904. The molecule has 0 saturated heterocycles. The molecule has 1 aromatic heterocycles. The normalized spacial score (nSPS) is 16.6. The standard InChI is InChI=1S/C11H19N3O2S/c1-8(2)14-17(15,16)11-5-10(13-7-11)6-12-9-3-4-9/h5,7-9,12-14H,3-4,6H2,1-2H3. The molecule has 17 heavy (non-hydrogen) atoms. The molecule has 5 nitrogen and oxygen atoms in total. The zero-order valence-corrected chi connectivity index (χ0v) is 11.0. The van der Waals surface area contributed by atoms with Crippen LogP contribution in [0.5, 0.6) is 0 Å². The lowest BCUT2D eigenvalue weighted by Gasteiger charge is -2.07. The van der Waals surface area contributed by atoms with Gasteiger partial charge in [-0.1, -0.05) is 0 Å². The van der Waals surface area contributed by atoms with Gasteiger partial charge in [-0.15, -0.1) is 0 Å². The molecule has 0 spiro atoms. The second-order valence-electron chi connectivity index (χ2n) is 4.79. The Kier molecular flexibility index (Phi) is 3.56. The molecule has 0 amide bonds. The third-order valence-corrected chi connectivity index (χ3v) is 4.21. The minimum Gasteiger partial charge on any atom is -0.363 e. The monoisotopic (exact) mass is 257 g/mol. The van der Waals surface area contributed by atoms with Gasteiger partial charge in [0.05, 0.1) is 4.90 Å². The molecule has 1 aliphatic rings. The highest BCUT2D eigenvalue weighted by atomic mass is 32.2. The van der Waals surface area contributed by atoms with E-state index in [0.717, 1.165) is 5.69 Å². The quantitative estimate of drug-likeness (QED) is 0.710. The number of hydrogen-bond donors (Lipinski definition) is 3. The Morgan fingerprint density at radius 1 is 1.47 bits per heavy atom. The number of sulfonamides is 1. The molecule has 1 aromatic rings. The van der Waals surface area contributed by atoms with Crippen molar-refractivity contribution in [3.63, 3.8) is 0 Å². The molecule has 0 aromatic carbocycles. The van der Waals surface area contributed by atoms with Crippen molar-refractivity contribution < 1.29 is 8.42 Å². The Labute approximate surface area is 102 Å². The molecule has 0 atom stereocenters. The Balaban J connectivity index is 2.00. The van der Waals surface area contributed by atoms with Gasteiger partial charge in [-0.05, 0) is 32.8 Å². The van der Waals surface area contributed by atoms with Crippen LogP contribution in [0.2, 0.25) is 0 Å². The third kappa shape index (κ3) is 3.55. The van der Waals surface area contributed by atoms with E-state index < -0.39 is 10.0 Å². The summed E-state index contributed by atoms with van der Waals surface area (Å²) in [6.07, 6.45) is 3.98. The van der Waals surface area contributed by atoms with E-state index >= 15 is 0 Å². The molecule has 0 radical (unpaired) electrons. The maximum atomic E-state index is 11.9. The van der Waals surface area contributed by atoms with E-state index in [2.05, 4.69) is 15.0 Å². The number of aromatic amines is 1. The zero-order valence-electron chi connectivity index (χ0n) is 10.2. The topological polar surface area (TPSA) is 74.0 Å². The lowest BCUT2D eigenvalue weighted by atomic mass is 10.4. The Morgan fingerprint density at radius 2 is 2.18 bits per heavy atom. The van der Waals surface area contributed by atoms with E-state index in [1.165, 1.54) is 19.0 Å². The van der Waals surface area contributed by atoms with E-state index in [9.17, 15) is 8.42 Å². The Morgan fingerprint density at radius 3 is 2.76 bits per heavy atom. The summed E-state index contributed by atoms with van der Waals surface area (Å²) in [4.78, 5) is 3.29. The fourth-order valence-electron chi connectivity index (χ4n) is 1.60. The smallest absolute Gasteiger partial charge is 0.242 e. The predicted molar refractivity (Wildman–Crippen MR) is 66.1 cm³/mol. The summed E-state index contributed by atoms with van der Waals surface area (Å²) >= 11 is 0. The average Bonchev–Trinajstić information content (AvgIpc) is 2.90. The third-order valence-electron chi connectivity index (χ3n) is 2.58. The van der Waals surface area contributed by atoms with Crippen LogP contribution in [0, 0.1) is 0 Å². The molecule has 96 valence electrons. The molecule has 0 bridgehead atoms. The molecule has 0 unspecified atom stereocenters. The second-order valence-corrected chi connectivity index (χ2v) is 6.51. The largest absolute Gasteiger partial charge is 0.363 e. The molecule has 1 aliphatic carbocycles. The summed E-state index contributed by atoms with van der Waals surface area (Å²) in [7, 11) is -3.37. The Hall–Kier alpha value is -0.850. The zero-order chi connectivity index (χ0) is 12.5. The van der Waals surface area contributed by atoms with Crippen LogP contribution in [0.1, 0.15) is 32.4 Å². The number of rotatable bonds is 6. The summed E-state index contributed by atoms with van der Waals surface area (Å²) in [5.74, 6) is 0. The summed E-state index contributed by atoms with van der Waals surface area (Å²) < 4.78 is 26.3. The minimum absolute atomic E-state index is 0.0945. The van der Waals surface area contributed by atoms with E-state index in [4.69, 9.17) is 0 Å². The molecule has 1 heterocycles. The van der Waals surface area contributed by atoms with Crippen LogP contribution in [-0.4, -0.2) is 25.5 Å². The van der Waals surface area contributed by atoms with Gasteiger partial charge < -0.3 is 10.3 Å². The highest BCUT2D eigenvalue weighted by Crippen LogP contribution is 2.19. The van der Waals surface area contributed by atoms with Gasteiger partial charge >= 0.3 is 0 Å². The molecular formula is C11H19N3O2S. The van der Waals surface area contributed by atoms with Crippen molar-refractivity contribution in [2.24, 2.45) is 0 Å². The second kappa shape index (κ2) is 4.80. The Bertz CT molecular complexity index is 475. The van der Waals surface area contributed by atoms with Crippen LogP contribution in [0.4, 0.5) is 0 Å². The van der Waals surface area contributed by atoms with Gasteiger partial charge in [0, 0.05) is 30.5 Å². The summed E-state index contributed by atoms with van der Waals surface area (Å²) in [5, 5.41) is 3.33. The van der Waals surface area contributed by atoms with Crippen molar-refractivity contribution in [3.05, 3.63) is 18.0 Å². The van der Waals surface area contributed by atoms with Crippen LogP contribution >= 0.6 is 0 Å². The van der Waals surface area contributed by atoms with Gasteiger partial charge in [0.25, 0.3) is 0 Å². The molecular weight excluding hydrogens is 238 g/mol. The minimum atomic E-state index is -3.37. The fourth-order valence-corrected chi connectivity index (χ4v) is 2.86. The maximum Gasteiger partial charge on any atom is 0.242 e. The van der Waals surface area contributed by atoms with Crippen LogP contribution in [0.3, 0.4) is 0 Å². The molecule has 0 aliphatic heterocycles. The summed E-state index contributed by atoms with van der Waals surface area (Å²) in [6.45, 7) is 4.31.